The summed E-state index contributed by atoms with van der Waals surface area (Å²) in [6.07, 6.45) is 4.35. The molecule has 0 unspecified atom stereocenters. The van der Waals surface area contributed by atoms with E-state index in [0.717, 1.165) is 25.7 Å². The number of nitrogens with one attached hydrogen (secondary N) is 1. The van der Waals surface area contributed by atoms with Gasteiger partial charge in [0.1, 0.15) is 0 Å². The van der Waals surface area contributed by atoms with Gasteiger partial charge in [-0.25, -0.2) is 0 Å². The number of nitrogens with two attached hydrogens (primary N) is 1. The van der Waals surface area contributed by atoms with E-state index in [-0.39, 0.29) is 5.91 Å². The molecule has 0 spiro atoms. The Morgan fingerprint density at radius 2 is 1.92 bits per heavy atom. The van der Waals surface area contributed by atoms with Gasteiger partial charge >= 0.3 is 0 Å². The van der Waals surface area contributed by atoms with Crippen molar-refractivity contribution in [1.82, 2.24) is 10.3 Å². The second kappa shape index (κ2) is 3.27. The van der Waals surface area contributed by atoms with Gasteiger partial charge in [0.2, 0.25) is 5.91 Å². The summed E-state index contributed by atoms with van der Waals surface area (Å²) in [5.74, 6) is 5.65. The van der Waals surface area contributed by atoms with Crippen LogP contribution in [0, 0.1) is 0 Å². The van der Waals surface area contributed by atoms with Gasteiger partial charge in [-0.1, -0.05) is 0 Å². The van der Waals surface area contributed by atoms with E-state index in [9.17, 15) is 4.79 Å². The Labute approximate surface area is 78.4 Å². The SMILES string of the molecule is CC(=O)N1[C@@H]2CC[C@H]1C[C@@H](NN)C2. The highest BCUT2D eigenvalue weighted by Gasteiger charge is 2.41. The predicted molar refractivity (Wildman–Crippen MR) is 49.7 cm³/mol. The average Bonchev–Trinajstić information content (AvgIpc) is 2.37. The molecule has 0 aliphatic carbocycles. The minimum absolute atomic E-state index is 0.225. The second-order valence-corrected chi connectivity index (χ2v) is 4.15. The largest absolute Gasteiger partial charge is 0.337 e. The van der Waals surface area contributed by atoms with Crippen molar-refractivity contribution in [2.45, 2.75) is 50.7 Å². The molecule has 4 heteroatoms. The first-order valence-corrected chi connectivity index (χ1v) is 4.97. The quantitative estimate of drug-likeness (QED) is 0.444. The summed E-state index contributed by atoms with van der Waals surface area (Å²) in [6.45, 7) is 1.67. The average molecular weight is 183 g/mol. The van der Waals surface area contributed by atoms with Crippen molar-refractivity contribution in [2.24, 2.45) is 5.84 Å². The molecule has 2 bridgehead atoms. The van der Waals surface area contributed by atoms with E-state index in [1.165, 1.54) is 0 Å². The number of carbonyl (C=O) groups excluding carboxylic acids is 1. The highest BCUT2D eigenvalue weighted by atomic mass is 16.2. The first-order chi connectivity index (χ1) is 6.22. The molecular weight excluding hydrogens is 166 g/mol. The lowest BCUT2D eigenvalue weighted by Crippen LogP contribution is -2.52. The molecule has 2 heterocycles. The number of hydrazine groups is 1. The first-order valence-electron chi connectivity index (χ1n) is 4.97. The fourth-order valence-corrected chi connectivity index (χ4v) is 2.83. The predicted octanol–water partition coefficient (Wildman–Crippen LogP) is -0.00840. The van der Waals surface area contributed by atoms with Crippen molar-refractivity contribution < 1.29 is 4.79 Å². The maximum absolute atomic E-state index is 11.3. The van der Waals surface area contributed by atoms with Crippen molar-refractivity contribution in [3.8, 4) is 0 Å². The number of carbonyl (C=O) groups is 1. The molecule has 3 atom stereocenters. The summed E-state index contributed by atoms with van der Waals surface area (Å²) >= 11 is 0. The van der Waals surface area contributed by atoms with Gasteiger partial charge in [0.15, 0.2) is 0 Å². The lowest BCUT2D eigenvalue weighted by Gasteiger charge is -2.38. The number of fused-ring (bicyclic) bond motifs is 2. The van der Waals surface area contributed by atoms with E-state index in [1.54, 1.807) is 6.92 Å². The Kier molecular flexibility index (Phi) is 2.26. The van der Waals surface area contributed by atoms with Gasteiger partial charge in [0.25, 0.3) is 0 Å². The van der Waals surface area contributed by atoms with Gasteiger partial charge in [-0.2, -0.15) is 0 Å². The van der Waals surface area contributed by atoms with Gasteiger partial charge in [-0.15, -0.1) is 0 Å². The number of hydrogen-bond acceptors (Lipinski definition) is 3. The Morgan fingerprint density at radius 3 is 2.31 bits per heavy atom. The number of amides is 1. The minimum atomic E-state index is 0.225. The zero-order valence-electron chi connectivity index (χ0n) is 7.99. The fourth-order valence-electron chi connectivity index (χ4n) is 2.83. The van der Waals surface area contributed by atoms with E-state index in [1.807, 2.05) is 4.90 Å². The van der Waals surface area contributed by atoms with Crippen LogP contribution in [-0.4, -0.2) is 28.9 Å². The van der Waals surface area contributed by atoms with Gasteiger partial charge < -0.3 is 4.90 Å². The van der Waals surface area contributed by atoms with E-state index < -0.39 is 0 Å². The molecule has 2 saturated heterocycles. The van der Waals surface area contributed by atoms with Gasteiger partial charge in [-0.05, 0) is 25.7 Å². The van der Waals surface area contributed by atoms with Crippen molar-refractivity contribution >= 4 is 5.91 Å². The van der Waals surface area contributed by atoms with Crippen LogP contribution in [0.3, 0.4) is 0 Å². The normalized spacial score (nSPS) is 38.0. The summed E-state index contributed by atoms with van der Waals surface area (Å²) in [7, 11) is 0. The first kappa shape index (κ1) is 8.97. The number of rotatable bonds is 1. The third-order valence-corrected chi connectivity index (χ3v) is 3.33. The van der Waals surface area contributed by atoms with Crippen LogP contribution in [0.5, 0.6) is 0 Å². The Morgan fingerprint density at radius 1 is 1.38 bits per heavy atom. The minimum Gasteiger partial charge on any atom is -0.337 e. The van der Waals surface area contributed by atoms with Crippen LogP contribution in [0.25, 0.3) is 0 Å². The maximum Gasteiger partial charge on any atom is 0.219 e. The van der Waals surface area contributed by atoms with Crippen LogP contribution in [0.4, 0.5) is 0 Å². The number of hydrogen-bond donors (Lipinski definition) is 2. The number of piperidine rings is 1. The zero-order valence-corrected chi connectivity index (χ0v) is 7.99. The molecule has 2 fully saturated rings. The van der Waals surface area contributed by atoms with Crippen LogP contribution >= 0.6 is 0 Å². The molecule has 0 saturated carbocycles. The molecule has 13 heavy (non-hydrogen) atoms. The van der Waals surface area contributed by atoms with Crippen molar-refractivity contribution in [1.29, 1.82) is 0 Å². The van der Waals surface area contributed by atoms with Crippen LogP contribution in [0.15, 0.2) is 0 Å². The molecular formula is C9H17N3O. The van der Waals surface area contributed by atoms with Gasteiger partial charge in [0.05, 0.1) is 0 Å². The van der Waals surface area contributed by atoms with Crippen molar-refractivity contribution in [3.63, 3.8) is 0 Å². The smallest absolute Gasteiger partial charge is 0.219 e. The standard InChI is InChI=1S/C9H17N3O/c1-6(13)12-8-2-3-9(12)5-7(4-8)11-10/h7-9,11H,2-5,10H2,1H3/t7-,8+,9-. The lowest BCUT2D eigenvalue weighted by molar-refractivity contribution is -0.133. The second-order valence-electron chi connectivity index (χ2n) is 4.15. The summed E-state index contributed by atoms with van der Waals surface area (Å²) in [5.41, 5.74) is 2.83. The number of nitrogens with zero attached hydrogens (tertiary/aromatic N) is 1. The molecule has 0 radical (unpaired) electrons. The van der Waals surface area contributed by atoms with Crippen molar-refractivity contribution in [2.75, 3.05) is 0 Å². The monoisotopic (exact) mass is 183 g/mol. The molecule has 0 aromatic rings. The Balaban J connectivity index is 2.08. The molecule has 2 rings (SSSR count). The summed E-state index contributed by atoms with van der Waals surface area (Å²) in [5, 5.41) is 0. The molecule has 2 aliphatic heterocycles. The molecule has 2 aliphatic rings. The highest BCUT2D eigenvalue weighted by Crippen LogP contribution is 2.35. The molecule has 74 valence electrons. The third-order valence-electron chi connectivity index (χ3n) is 3.33. The van der Waals surface area contributed by atoms with E-state index >= 15 is 0 Å². The van der Waals surface area contributed by atoms with E-state index in [2.05, 4.69) is 5.43 Å². The maximum atomic E-state index is 11.3. The summed E-state index contributed by atoms with van der Waals surface area (Å²) < 4.78 is 0. The van der Waals surface area contributed by atoms with Crippen LogP contribution in [0.2, 0.25) is 0 Å². The zero-order chi connectivity index (χ0) is 9.42. The van der Waals surface area contributed by atoms with Crippen molar-refractivity contribution in [3.05, 3.63) is 0 Å². The van der Waals surface area contributed by atoms with Gasteiger partial charge in [0, 0.05) is 25.0 Å². The van der Waals surface area contributed by atoms with Crippen LogP contribution in [-0.2, 0) is 4.79 Å². The van der Waals surface area contributed by atoms with Crippen LogP contribution < -0.4 is 11.3 Å². The topological polar surface area (TPSA) is 58.4 Å². The molecule has 3 N–H and O–H groups in total. The Hall–Kier alpha value is -0.610. The third kappa shape index (κ3) is 1.44. The van der Waals surface area contributed by atoms with Crippen LogP contribution in [0.1, 0.15) is 32.6 Å². The highest BCUT2D eigenvalue weighted by molar-refractivity contribution is 5.74. The van der Waals surface area contributed by atoms with E-state index in [4.69, 9.17) is 5.84 Å². The fraction of sp³-hybridized carbons (Fsp3) is 0.889. The summed E-state index contributed by atoms with van der Waals surface area (Å²) in [4.78, 5) is 13.4. The van der Waals surface area contributed by atoms with E-state index in [0.29, 0.717) is 18.1 Å². The Bertz CT molecular complexity index is 205. The summed E-state index contributed by atoms with van der Waals surface area (Å²) in [6, 6.07) is 1.29. The van der Waals surface area contributed by atoms with Gasteiger partial charge in [-0.3, -0.25) is 16.1 Å². The molecule has 0 aromatic heterocycles. The molecule has 0 aromatic carbocycles. The lowest BCUT2D eigenvalue weighted by atomic mass is 9.98. The molecule has 4 nitrogen and oxygen atoms in total. The molecule has 1 amide bonds.